The third-order valence-electron chi connectivity index (χ3n) is 3.24. The molecule has 1 aromatic carbocycles. The number of carbonyl (C=O) groups is 1. The van der Waals surface area contributed by atoms with Gasteiger partial charge in [-0.3, -0.25) is 4.79 Å². The van der Waals surface area contributed by atoms with E-state index in [0.29, 0.717) is 18.2 Å². The van der Waals surface area contributed by atoms with Gasteiger partial charge in [-0.05, 0) is 43.0 Å². The van der Waals surface area contributed by atoms with Crippen LogP contribution in [0, 0.1) is 5.92 Å². The summed E-state index contributed by atoms with van der Waals surface area (Å²) in [4.78, 5) is 11.1. The van der Waals surface area contributed by atoms with Crippen molar-refractivity contribution in [2.24, 2.45) is 11.7 Å². The number of nitrogens with two attached hydrogens (primary N) is 1. The van der Waals surface area contributed by atoms with Gasteiger partial charge in [-0.1, -0.05) is 0 Å². The molecule has 0 aliphatic heterocycles. The summed E-state index contributed by atoms with van der Waals surface area (Å²) in [7, 11) is -3.56. The average Bonchev–Trinajstić information content (AvgIpc) is 3.20. The molecular weight excluding hydrogens is 278 g/mol. The van der Waals surface area contributed by atoms with Crippen molar-refractivity contribution >= 4 is 21.6 Å². The highest BCUT2D eigenvalue weighted by Crippen LogP contribution is 2.32. The van der Waals surface area contributed by atoms with Gasteiger partial charge < -0.3 is 11.1 Å². The quantitative estimate of drug-likeness (QED) is 0.718. The number of nitrogens with one attached hydrogen (secondary N) is 2. The van der Waals surface area contributed by atoms with Gasteiger partial charge >= 0.3 is 0 Å². The number of anilines is 1. The van der Waals surface area contributed by atoms with E-state index in [-0.39, 0.29) is 16.8 Å². The van der Waals surface area contributed by atoms with Crippen LogP contribution >= 0.6 is 0 Å². The van der Waals surface area contributed by atoms with E-state index < -0.39 is 10.0 Å². The van der Waals surface area contributed by atoms with Crippen molar-refractivity contribution in [3.8, 4) is 0 Å². The Morgan fingerprint density at radius 3 is 2.40 bits per heavy atom. The molecule has 1 unspecified atom stereocenters. The van der Waals surface area contributed by atoms with Crippen LogP contribution in [0.3, 0.4) is 0 Å². The molecule has 1 aromatic rings. The Balaban J connectivity index is 2.10. The lowest BCUT2D eigenvalue weighted by molar-refractivity contribution is -0.114. The van der Waals surface area contributed by atoms with E-state index in [1.165, 1.54) is 19.1 Å². The molecule has 2 rings (SSSR count). The minimum absolute atomic E-state index is 0.172. The van der Waals surface area contributed by atoms with Crippen LogP contribution in [0.1, 0.15) is 19.8 Å². The van der Waals surface area contributed by atoms with Gasteiger partial charge in [-0.2, -0.15) is 0 Å². The summed E-state index contributed by atoms with van der Waals surface area (Å²) < 4.78 is 27.1. The largest absolute Gasteiger partial charge is 0.329 e. The van der Waals surface area contributed by atoms with Crippen molar-refractivity contribution < 1.29 is 13.2 Å². The molecule has 0 saturated heterocycles. The first-order valence-corrected chi connectivity index (χ1v) is 8.01. The Bertz CT molecular complexity index is 579. The summed E-state index contributed by atoms with van der Waals surface area (Å²) in [5, 5.41) is 2.59. The van der Waals surface area contributed by atoms with E-state index >= 15 is 0 Å². The first kappa shape index (κ1) is 15.0. The maximum atomic E-state index is 12.2. The van der Waals surface area contributed by atoms with Gasteiger partial charge in [-0.25, -0.2) is 13.1 Å². The van der Waals surface area contributed by atoms with E-state index in [9.17, 15) is 13.2 Å². The smallest absolute Gasteiger partial charge is 0.240 e. The first-order chi connectivity index (χ1) is 9.42. The van der Waals surface area contributed by atoms with Gasteiger partial charge in [0.15, 0.2) is 0 Å². The van der Waals surface area contributed by atoms with Crippen molar-refractivity contribution in [1.29, 1.82) is 0 Å². The van der Waals surface area contributed by atoms with Crippen LogP contribution in [-0.4, -0.2) is 26.9 Å². The molecule has 1 aliphatic rings. The van der Waals surface area contributed by atoms with Crippen LogP contribution < -0.4 is 15.8 Å². The van der Waals surface area contributed by atoms with Crippen LogP contribution in [0.15, 0.2) is 29.2 Å². The zero-order valence-electron chi connectivity index (χ0n) is 11.3. The number of rotatable bonds is 6. The zero-order chi connectivity index (χ0) is 14.8. The summed E-state index contributed by atoms with van der Waals surface area (Å²) in [5.74, 6) is 0.157. The Morgan fingerprint density at radius 1 is 1.35 bits per heavy atom. The molecule has 0 aromatic heterocycles. The molecule has 1 saturated carbocycles. The van der Waals surface area contributed by atoms with Gasteiger partial charge in [0, 0.05) is 25.2 Å². The van der Waals surface area contributed by atoms with E-state index in [1.807, 2.05) is 0 Å². The minimum Gasteiger partial charge on any atom is -0.329 e. The average molecular weight is 297 g/mol. The van der Waals surface area contributed by atoms with Gasteiger partial charge in [0.2, 0.25) is 15.9 Å². The fourth-order valence-corrected chi connectivity index (χ4v) is 3.34. The normalized spacial score (nSPS) is 16.7. The van der Waals surface area contributed by atoms with E-state index in [2.05, 4.69) is 10.0 Å². The molecule has 1 aliphatic carbocycles. The summed E-state index contributed by atoms with van der Waals surface area (Å²) in [5.41, 5.74) is 6.17. The van der Waals surface area contributed by atoms with Crippen LogP contribution in [0.4, 0.5) is 5.69 Å². The molecule has 1 amide bonds. The van der Waals surface area contributed by atoms with Gasteiger partial charge in [-0.15, -0.1) is 0 Å². The van der Waals surface area contributed by atoms with Gasteiger partial charge in [0.25, 0.3) is 0 Å². The number of hydrogen-bond donors (Lipinski definition) is 3. The fraction of sp³-hybridized carbons (Fsp3) is 0.462. The second-order valence-electron chi connectivity index (χ2n) is 5.01. The molecule has 20 heavy (non-hydrogen) atoms. The monoisotopic (exact) mass is 297 g/mol. The van der Waals surface area contributed by atoms with E-state index in [4.69, 9.17) is 5.73 Å². The summed E-state index contributed by atoms with van der Waals surface area (Å²) in [6.45, 7) is 1.70. The molecule has 1 atom stereocenters. The third kappa shape index (κ3) is 3.78. The second-order valence-corrected chi connectivity index (χ2v) is 6.72. The van der Waals surface area contributed by atoms with Crippen molar-refractivity contribution in [1.82, 2.24) is 4.72 Å². The number of sulfonamides is 1. The van der Waals surface area contributed by atoms with Crippen molar-refractivity contribution in [3.63, 3.8) is 0 Å². The molecule has 0 radical (unpaired) electrons. The summed E-state index contributed by atoms with van der Waals surface area (Å²) in [6, 6.07) is 5.85. The number of benzene rings is 1. The third-order valence-corrected chi connectivity index (χ3v) is 4.74. The molecule has 110 valence electrons. The molecule has 0 heterocycles. The van der Waals surface area contributed by atoms with E-state index in [1.54, 1.807) is 12.1 Å². The highest BCUT2D eigenvalue weighted by Gasteiger charge is 2.33. The Kier molecular flexibility index (Phi) is 4.42. The fourth-order valence-electron chi connectivity index (χ4n) is 2.02. The Morgan fingerprint density at radius 2 is 1.95 bits per heavy atom. The van der Waals surface area contributed by atoms with Crippen LogP contribution in [-0.2, 0) is 14.8 Å². The van der Waals surface area contributed by atoms with E-state index in [0.717, 1.165) is 12.8 Å². The number of amides is 1. The van der Waals surface area contributed by atoms with Crippen LogP contribution in [0.25, 0.3) is 0 Å². The summed E-state index contributed by atoms with van der Waals surface area (Å²) in [6.07, 6.45) is 2.04. The molecular formula is C13H19N3O3S. The first-order valence-electron chi connectivity index (χ1n) is 6.52. The summed E-state index contributed by atoms with van der Waals surface area (Å²) >= 11 is 0. The van der Waals surface area contributed by atoms with Crippen molar-refractivity contribution in [2.75, 3.05) is 11.9 Å². The van der Waals surface area contributed by atoms with Gasteiger partial charge in [0.1, 0.15) is 0 Å². The Hall–Kier alpha value is -1.44. The maximum absolute atomic E-state index is 12.2. The molecule has 1 fully saturated rings. The lowest BCUT2D eigenvalue weighted by atomic mass is 10.2. The lowest BCUT2D eigenvalue weighted by Crippen LogP contribution is -2.41. The molecule has 7 heteroatoms. The lowest BCUT2D eigenvalue weighted by Gasteiger charge is -2.16. The van der Waals surface area contributed by atoms with Crippen molar-refractivity contribution in [3.05, 3.63) is 24.3 Å². The van der Waals surface area contributed by atoms with Crippen molar-refractivity contribution in [2.45, 2.75) is 30.7 Å². The molecule has 6 nitrogen and oxygen atoms in total. The predicted molar refractivity (Wildman–Crippen MR) is 76.6 cm³/mol. The zero-order valence-corrected chi connectivity index (χ0v) is 12.1. The molecule has 4 N–H and O–H groups in total. The highest BCUT2D eigenvalue weighted by molar-refractivity contribution is 7.89. The van der Waals surface area contributed by atoms with Gasteiger partial charge in [0.05, 0.1) is 4.90 Å². The van der Waals surface area contributed by atoms with Crippen LogP contribution in [0.2, 0.25) is 0 Å². The van der Waals surface area contributed by atoms with Crippen LogP contribution in [0.5, 0.6) is 0 Å². The standard InChI is InChI=1S/C13H19N3O3S/c1-9(17)15-11-4-6-12(7-5-11)20(18,19)16-13(8-14)10-2-3-10/h4-7,10,13,16H,2-3,8,14H2,1H3,(H,15,17). The highest BCUT2D eigenvalue weighted by atomic mass is 32.2. The molecule has 0 bridgehead atoms. The maximum Gasteiger partial charge on any atom is 0.240 e. The number of carbonyl (C=O) groups excluding carboxylic acids is 1. The minimum atomic E-state index is -3.56. The molecule has 0 spiro atoms. The topological polar surface area (TPSA) is 101 Å². The number of hydrogen-bond acceptors (Lipinski definition) is 4. The SMILES string of the molecule is CC(=O)Nc1ccc(S(=O)(=O)NC(CN)C2CC2)cc1. The second kappa shape index (κ2) is 5.90. The Labute approximate surface area is 118 Å². The predicted octanol–water partition coefficient (Wildman–Crippen LogP) is 0.661.